The van der Waals surface area contributed by atoms with Crippen LogP contribution in [-0.2, 0) is 16.3 Å². The lowest BCUT2D eigenvalue weighted by molar-refractivity contribution is 0.490. The van der Waals surface area contributed by atoms with Gasteiger partial charge in [-0.05, 0) is 30.5 Å². The van der Waals surface area contributed by atoms with E-state index in [1.54, 1.807) is 0 Å². The highest BCUT2D eigenvalue weighted by molar-refractivity contribution is 7.90. The van der Waals surface area contributed by atoms with Gasteiger partial charge < -0.3 is 5.32 Å². The molecule has 1 N–H and O–H groups in total. The van der Waals surface area contributed by atoms with Gasteiger partial charge in [-0.1, -0.05) is 24.3 Å². The molecule has 0 saturated carbocycles. The summed E-state index contributed by atoms with van der Waals surface area (Å²) < 4.78 is 22.3. The van der Waals surface area contributed by atoms with Crippen molar-refractivity contribution in [2.45, 2.75) is 18.9 Å². The molecule has 0 fully saturated rings. The quantitative estimate of drug-likeness (QED) is 0.865. The zero-order valence-corrected chi connectivity index (χ0v) is 10.3. The van der Waals surface area contributed by atoms with Crippen LogP contribution in [-0.4, -0.2) is 27.0 Å². The molecule has 0 radical (unpaired) electrons. The molecule has 3 nitrogen and oxygen atoms in total. The summed E-state index contributed by atoms with van der Waals surface area (Å²) in [5, 5.41) is 3.38. The Hall–Kier alpha value is -0.870. The maximum atomic E-state index is 11.2. The molecule has 1 unspecified atom stereocenters. The Balaban J connectivity index is 2.13. The van der Waals surface area contributed by atoms with E-state index >= 15 is 0 Å². The summed E-state index contributed by atoms with van der Waals surface area (Å²) in [6.07, 6.45) is 2.99. The molecule has 1 aliphatic rings. The van der Waals surface area contributed by atoms with E-state index in [1.165, 1.54) is 17.4 Å². The molecule has 0 aliphatic carbocycles. The number of benzene rings is 1. The fourth-order valence-electron chi connectivity index (χ4n) is 2.18. The van der Waals surface area contributed by atoms with Gasteiger partial charge in [-0.15, -0.1) is 0 Å². The predicted molar refractivity (Wildman–Crippen MR) is 65.2 cm³/mol. The fourth-order valence-corrected chi connectivity index (χ4v) is 2.85. The van der Waals surface area contributed by atoms with Crippen molar-refractivity contribution in [3.05, 3.63) is 35.4 Å². The zero-order chi connectivity index (χ0) is 11.6. The van der Waals surface area contributed by atoms with Gasteiger partial charge in [0.05, 0.1) is 5.75 Å². The minimum absolute atomic E-state index is 0.194. The molecule has 1 aromatic rings. The monoisotopic (exact) mass is 239 g/mol. The second kappa shape index (κ2) is 4.55. The van der Waals surface area contributed by atoms with Crippen LogP contribution in [0.25, 0.3) is 0 Å². The van der Waals surface area contributed by atoms with Crippen molar-refractivity contribution in [3.63, 3.8) is 0 Å². The Labute approximate surface area is 96.8 Å². The fraction of sp³-hybridized carbons (Fsp3) is 0.500. The van der Waals surface area contributed by atoms with Gasteiger partial charge in [-0.2, -0.15) is 0 Å². The van der Waals surface area contributed by atoms with E-state index in [2.05, 4.69) is 17.4 Å². The van der Waals surface area contributed by atoms with Crippen molar-refractivity contribution in [1.82, 2.24) is 5.32 Å². The van der Waals surface area contributed by atoms with Crippen LogP contribution < -0.4 is 5.32 Å². The average molecular weight is 239 g/mol. The Morgan fingerprint density at radius 3 is 2.88 bits per heavy atom. The highest BCUT2D eigenvalue weighted by Crippen LogP contribution is 2.25. The molecule has 0 aromatic heterocycles. The molecular weight excluding hydrogens is 222 g/mol. The molecule has 0 saturated heterocycles. The van der Waals surface area contributed by atoms with Gasteiger partial charge >= 0.3 is 0 Å². The first-order chi connectivity index (χ1) is 7.56. The minimum Gasteiger partial charge on any atom is -0.310 e. The van der Waals surface area contributed by atoms with E-state index in [-0.39, 0.29) is 11.8 Å². The lowest BCUT2D eigenvalue weighted by Crippen LogP contribution is -2.31. The summed E-state index contributed by atoms with van der Waals surface area (Å²) in [5.74, 6) is 0.249. The maximum absolute atomic E-state index is 11.2. The topological polar surface area (TPSA) is 46.2 Å². The standard InChI is InChI=1S/C12H17NO2S/c1-16(14,15)9-7-12-11-5-3-2-4-10(11)6-8-13-12/h2-5,12-13H,6-9H2,1H3. The molecule has 88 valence electrons. The second-order valence-electron chi connectivity index (χ2n) is 4.37. The van der Waals surface area contributed by atoms with Crippen LogP contribution in [0.5, 0.6) is 0 Å². The molecule has 2 rings (SSSR count). The van der Waals surface area contributed by atoms with Crippen LogP contribution in [0.3, 0.4) is 0 Å². The molecule has 1 heterocycles. The van der Waals surface area contributed by atoms with Gasteiger partial charge in [0.2, 0.25) is 0 Å². The first kappa shape index (κ1) is 11.6. The Kier molecular flexibility index (Phi) is 3.30. The Bertz CT molecular complexity index is 468. The molecule has 0 spiro atoms. The van der Waals surface area contributed by atoms with Gasteiger partial charge in [-0.25, -0.2) is 8.42 Å². The van der Waals surface area contributed by atoms with Gasteiger partial charge in [0.1, 0.15) is 9.84 Å². The summed E-state index contributed by atoms with van der Waals surface area (Å²) in [6.45, 7) is 0.936. The van der Waals surface area contributed by atoms with E-state index in [0.29, 0.717) is 6.42 Å². The second-order valence-corrected chi connectivity index (χ2v) is 6.63. The molecule has 16 heavy (non-hydrogen) atoms. The smallest absolute Gasteiger partial charge is 0.147 e. The molecule has 0 amide bonds. The van der Waals surface area contributed by atoms with Crippen molar-refractivity contribution in [1.29, 1.82) is 0 Å². The third-order valence-electron chi connectivity index (χ3n) is 2.99. The highest BCUT2D eigenvalue weighted by Gasteiger charge is 2.19. The Morgan fingerprint density at radius 1 is 1.38 bits per heavy atom. The number of hydrogen-bond acceptors (Lipinski definition) is 3. The van der Waals surface area contributed by atoms with E-state index in [9.17, 15) is 8.42 Å². The largest absolute Gasteiger partial charge is 0.310 e. The van der Waals surface area contributed by atoms with Crippen molar-refractivity contribution in [3.8, 4) is 0 Å². The molecule has 1 atom stereocenters. The van der Waals surface area contributed by atoms with Crippen molar-refractivity contribution >= 4 is 9.84 Å². The van der Waals surface area contributed by atoms with E-state index in [1.807, 2.05) is 12.1 Å². The molecular formula is C12H17NO2S. The van der Waals surface area contributed by atoms with Crippen LogP contribution >= 0.6 is 0 Å². The SMILES string of the molecule is CS(=O)(=O)CCC1NCCc2ccccc21. The van der Waals surface area contributed by atoms with Crippen molar-refractivity contribution < 1.29 is 8.42 Å². The molecule has 4 heteroatoms. The van der Waals surface area contributed by atoms with Gasteiger partial charge in [0.15, 0.2) is 0 Å². The predicted octanol–water partition coefficient (Wildman–Crippen LogP) is 1.31. The zero-order valence-electron chi connectivity index (χ0n) is 9.44. The van der Waals surface area contributed by atoms with Gasteiger partial charge in [-0.3, -0.25) is 0 Å². The van der Waals surface area contributed by atoms with Crippen LogP contribution in [0, 0.1) is 0 Å². The average Bonchev–Trinajstić information content (AvgIpc) is 2.25. The normalized spacial score (nSPS) is 20.4. The third kappa shape index (κ3) is 2.83. The van der Waals surface area contributed by atoms with E-state index < -0.39 is 9.84 Å². The number of fused-ring (bicyclic) bond motifs is 1. The molecule has 1 aromatic carbocycles. The van der Waals surface area contributed by atoms with Crippen LogP contribution in [0.2, 0.25) is 0 Å². The number of hydrogen-bond donors (Lipinski definition) is 1. The summed E-state index contributed by atoms with van der Waals surface area (Å²) in [7, 11) is -2.87. The van der Waals surface area contributed by atoms with E-state index in [0.717, 1.165) is 13.0 Å². The molecule has 1 aliphatic heterocycles. The first-order valence-electron chi connectivity index (χ1n) is 5.55. The Morgan fingerprint density at radius 2 is 2.12 bits per heavy atom. The number of rotatable bonds is 3. The summed E-state index contributed by atoms with van der Waals surface area (Å²) in [5.41, 5.74) is 2.61. The lowest BCUT2D eigenvalue weighted by Gasteiger charge is -2.26. The number of nitrogens with one attached hydrogen (secondary N) is 1. The van der Waals surface area contributed by atoms with E-state index in [4.69, 9.17) is 0 Å². The third-order valence-corrected chi connectivity index (χ3v) is 3.97. The minimum atomic E-state index is -2.87. The highest BCUT2D eigenvalue weighted by atomic mass is 32.2. The first-order valence-corrected chi connectivity index (χ1v) is 7.61. The van der Waals surface area contributed by atoms with Crippen LogP contribution in [0.4, 0.5) is 0 Å². The van der Waals surface area contributed by atoms with Crippen LogP contribution in [0.1, 0.15) is 23.6 Å². The van der Waals surface area contributed by atoms with Crippen molar-refractivity contribution in [2.75, 3.05) is 18.6 Å². The molecule has 0 bridgehead atoms. The summed E-state index contributed by atoms with van der Waals surface area (Å²) in [4.78, 5) is 0. The number of sulfone groups is 1. The summed E-state index contributed by atoms with van der Waals surface area (Å²) >= 11 is 0. The van der Waals surface area contributed by atoms with Crippen LogP contribution in [0.15, 0.2) is 24.3 Å². The van der Waals surface area contributed by atoms with Crippen molar-refractivity contribution in [2.24, 2.45) is 0 Å². The summed E-state index contributed by atoms with van der Waals surface area (Å²) in [6, 6.07) is 8.47. The maximum Gasteiger partial charge on any atom is 0.147 e. The van der Waals surface area contributed by atoms with Gasteiger partial charge in [0.25, 0.3) is 0 Å². The van der Waals surface area contributed by atoms with Gasteiger partial charge in [0, 0.05) is 12.3 Å². The lowest BCUT2D eigenvalue weighted by atomic mass is 9.93.